The van der Waals surface area contributed by atoms with Gasteiger partial charge in [-0.3, -0.25) is 10.1 Å². The first-order valence-electron chi connectivity index (χ1n) is 8.79. The number of nitro benzene ring substituents is 1. The number of piperazine rings is 1. The van der Waals surface area contributed by atoms with Crippen molar-refractivity contribution in [3.8, 4) is 0 Å². The Hall–Kier alpha value is -2.82. The predicted molar refractivity (Wildman–Crippen MR) is 109 cm³/mol. The van der Waals surface area contributed by atoms with Gasteiger partial charge in [-0.1, -0.05) is 24.3 Å². The summed E-state index contributed by atoms with van der Waals surface area (Å²) in [6.45, 7) is 1.09. The number of anilines is 1. The Labute approximate surface area is 171 Å². The van der Waals surface area contributed by atoms with Gasteiger partial charge in [-0.2, -0.15) is 9.29 Å². The fourth-order valence-corrected chi connectivity index (χ4v) is 5.13. The second-order valence-electron chi connectivity index (χ2n) is 6.45. The first-order valence-corrected chi connectivity index (χ1v) is 10.6. The zero-order valence-electron chi connectivity index (χ0n) is 15.1. The normalized spacial score (nSPS) is 15.6. The first-order chi connectivity index (χ1) is 13.9. The number of hydrogen-bond acceptors (Lipinski definition) is 7. The van der Waals surface area contributed by atoms with Crippen LogP contribution in [0.2, 0.25) is 5.28 Å². The highest BCUT2D eigenvalue weighted by molar-refractivity contribution is 7.89. The maximum atomic E-state index is 13.0. The van der Waals surface area contributed by atoms with Gasteiger partial charge in [0.15, 0.2) is 4.90 Å². The Kier molecular flexibility index (Phi) is 5.07. The number of fused-ring (bicyclic) bond motifs is 1. The van der Waals surface area contributed by atoms with Crippen LogP contribution in [0, 0.1) is 10.1 Å². The van der Waals surface area contributed by atoms with Gasteiger partial charge in [0.25, 0.3) is 5.69 Å². The summed E-state index contributed by atoms with van der Waals surface area (Å²) < 4.78 is 27.2. The number of aromatic nitrogens is 2. The van der Waals surface area contributed by atoms with E-state index in [2.05, 4.69) is 9.97 Å². The van der Waals surface area contributed by atoms with Gasteiger partial charge in [0.05, 0.1) is 10.4 Å². The second kappa shape index (κ2) is 7.54. The lowest BCUT2D eigenvalue weighted by Crippen LogP contribution is -2.49. The topological polar surface area (TPSA) is 110 Å². The fraction of sp³-hybridized carbons (Fsp3) is 0.222. The Morgan fingerprint density at radius 1 is 0.966 bits per heavy atom. The number of nitro groups is 1. The van der Waals surface area contributed by atoms with Crippen molar-refractivity contribution in [1.29, 1.82) is 0 Å². The number of nitrogens with zero attached hydrogens (tertiary/aromatic N) is 5. The molecule has 1 aliphatic rings. The maximum Gasteiger partial charge on any atom is 0.289 e. The van der Waals surface area contributed by atoms with Crippen LogP contribution in [0.15, 0.2) is 53.4 Å². The summed E-state index contributed by atoms with van der Waals surface area (Å²) in [4.78, 5) is 20.7. The molecule has 0 radical (unpaired) electrons. The third kappa shape index (κ3) is 3.61. The van der Waals surface area contributed by atoms with Crippen LogP contribution in [-0.4, -0.2) is 53.8 Å². The van der Waals surface area contributed by atoms with Crippen LogP contribution in [-0.2, 0) is 10.0 Å². The van der Waals surface area contributed by atoms with Crippen LogP contribution in [0.25, 0.3) is 10.9 Å². The lowest BCUT2D eigenvalue weighted by Gasteiger charge is -2.35. The van der Waals surface area contributed by atoms with E-state index in [-0.39, 0.29) is 23.3 Å². The standard InChI is InChI=1S/C18H16ClN5O4S/c19-18-20-14-6-2-1-5-13(14)17(21-18)22-9-11-23(12-10-22)29(27,28)16-8-4-3-7-15(16)24(25)26/h1-8H,9-12H2. The Bertz CT molecular complexity index is 1200. The number of benzene rings is 2. The van der Waals surface area contributed by atoms with E-state index >= 15 is 0 Å². The molecule has 3 aromatic rings. The minimum atomic E-state index is -3.99. The molecule has 0 atom stereocenters. The highest BCUT2D eigenvalue weighted by Crippen LogP contribution is 2.29. The molecule has 0 aliphatic carbocycles. The van der Waals surface area contributed by atoms with Gasteiger partial charge in [-0.15, -0.1) is 0 Å². The highest BCUT2D eigenvalue weighted by atomic mass is 35.5. The number of halogens is 1. The fourth-order valence-electron chi connectivity index (χ4n) is 3.38. The van der Waals surface area contributed by atoms with Crippen molar-refractivity contribution in [2.45, 2.75) is 4.90 Å². The Morgan fingerprint density at radius 2 is 1.62 bits per heavy atom. The maximum absolute atomic E-state index is 13.0. The molecule has 2 heterocycles. The van der Waals surface area contributed by atoms with Crippen molar-refractivity contribution < 1.29 is 13.3 Å². The lowest BCUT2D eigenvalue weighted by molar-refractivity contribution is -0.387. The average molecular weight is 434 g/mol. The van der Waals surface area contributed by atoms with Crippen molar-refractivity contribution in [2.75, 3.05) is 31.1 Å². The quantitative estimate of drug-likeness (QED) is 0.353. The molecule has 11 heteroatoms. The lowest BCUT2D eigenvalue weighted by atomic mass is 10.2. The smallest absolute Gasteiger partial charge is 0.289 e. The molecule has 29 heavy (non-hydrogen) atoms. The summed E-state index contributed by atoms with van der Waals surface area (Å²) in [5.41, 5.74) is 0.279. The number of para-hydroxylation sites is 2. The SMILES string of the molecule is O=[N+]([O-])c1ccccc1S(=O)(=O)N1CCN(c2nc(Cl)nc3ccccc23)CC1. The molecule has 1 aliphatic heterocycles. The van der Waals surface area contributed by atoms with E-state index in [1.807, 2.05) is 29.2 Å². The van der Waals surface area contributed by atoms with E-state index in [1.54, 1.807) is 0 Å². The molecule has 150 valence electrons. The van der Waals surface area contributed by atoms with Gasteiger partial charge >= 0.3 is 0 Å². The molecule has 0 N–H and O–H groups in total. The highest BCUT2D eigenvalue weighted by Gasteiger charge is 2.34. The van der Waals surface area contributed by atoms with Gasteiger partial charge < -0.3 is 4.90 Å². The van der Waals surface area contributed by atoms with E-state index in [0.29, 0.717) is 24.4 Å². The molecule has 9 nitrogen and oxygen atoms in total. The van der Waals surface area contributed by atoms with Gasteiger partial charge in [-0.25, -0.2) is 13.4 Å². The minimum Gasteiger partial charge on any atom is -0.353 e. The molecule has 0 amide bonds. The summed E-state index contributed by atoms with van der Waals surface area (Å²) in [6, 6.07) is 12.8. The van der Waals surface area contributed by atoms with Crippen molar-refractivity contribution in [3.63, 3.8) is 0 Å². The number of hydrogen-bond donors (Lipinski definition) is 0. The molecule has 0 bridgehead atoms. The zero-order valence-corrected chi connectivity index (χ0v) is 16.7. The van der Waals surface area contributed by atoms with Crippen molar-refractivity contribution in [3.05, 3.63) is 63.9 Å². The van der Waals surface area contributed by atoms with Crippen LogP contribution in [0.5, 0.6) is 0 Å². The predicted octanol–water partition coefficient (Wildman–Crippen LogP) is 2.70. The molecule has 0 saturated carbocycles. The van der Waals surface area contributed by atoms with E-state index in [4.69, 9.17) is 11.6 Å². The third-order valence-electron chi connectivity index (χ3n) is 4.77. The molecular formula is C18H16ClN5O4S. The molecule has 0 unspecified atom stereocenters. The summed E-state index contributed by atoms with van der Waals surface area (Å²) in [5, 5.41) is 12.2. The van der Waals surface area contributed by atoms with Gasteiger partial charge in [0.1, 0.15) is 5.82 Å². The first kappa shape index (κ1) is 19.5. The molecule has 2 aromatic carbocycles. The van der Waals surface area contributed by atoms with E-state index in [1.165, 1.54) is 28.6 Å². The van der Waals surface area contributed by atoms with Crippen LogP contribution in [0.4, 0.5) is 11.5 Å². The molecule has 4 rings (SSSR count). The molecule has 1 aromatic heterocycles. The Morgan fingerprint density at radius 3 is 2.34 bits per heavy atom. The Balaban J connectivity index is 1.60. The third-order valence-corrected chi connectivity index (χ3v) is 6.89. The summed E-state index contributed by atoms with van der Waals surface area (Å²) in [7, 11) is -3.99. The van der Waals surface area contributed by atoms with Gasteiger partial charge in [-0.05, 0) is 29.8 Å². The summed E-state index contributed by atoms with van der Waals surface area (Å²) in [6.07, 6.45) is 0. The van der Waals surface area contributed by atoms with Crippen LogP contribution >= 0.6 is 11.6 Å². The van der Waals surface area contributed by atoms with Crippen molar-refractivity contribution in [2.24, 2.45) is 0 Å². The number of rotatable bonds is 4. The van der Waals surface area contributed by atoms with Gasteiger partial charge in [0, 0.05) is 37.6 Å². The molecule has 0 spiro atoms. The van der Waals surface area contributed by atoms with Gasteiger partial charge in [0.2, 0.25) is 15.3 Å². The van der Waals surface area contributed by atoms with Crippen LogP contribution < -0.4 is 4.90 Å². The number of sulfonamides is 1. The minimum absolute atomic E-state index is 0.119. The summed E-state index contributed by atoms with van der Waals surface area (Å²) >= 11 is 6.05. The summed E-state index contributed by atoms with van der Waals surface area (Å²) in [5.74, 6) is 0.642. The average Bonchev–Trinajstić information content (AvgIpc) is 2.73. The largest absolute Gasteiger partial charge is 0.353 e. The molecule has 1 saturated heterocycles. The van der Waals surface area contributed by atoms with Crippen molar-refractivity contribution in [1.82, 2.24) is 14.3 Å². The molecular weight excluding hydrogens is 418 g/mol. The van der Waals surface area contributed by atoms with Crippen LogP contribution in [0.3, 0.4) is 0 Å². The van der Waals surface area contributed by atoms with Crippen LogP contribution in [0.1, 0.15) is 0 Å². The second-order valence-corrected chi connectivity index (χ2v) is 8.69. The van der Waals surface area contributed by atoms with E-state index in [0.717, 1.165) is 5.39 Å². The molecule has 1 fully saturated rings. The zero-order chi connectivity index (χ0) is 20.6. The van der Waals surface area contributed by atoms with E-state index in [9.17, 15) is 18.5 Å². The van der Waals surface area contributed by atoms with Crippen molar-refractivity contribution >= 4 is 44.0 Å². The van der Waals surface area contributed by atoms with E-state index < -0.39 is 20.6 Å². The monoisotopic (exact) mass is 433 g/mol.